The second-order valence-corrected chi connectivity index (χ2v) is 11.7. The van der Waals surface area contributed by atoms with E-state index < -0.39 is 5.97 Å². The van der Waals surface area contributed by atoms with Gasteiger partial charge in [-0.1, -0.05) is 58.4 Å². The topological polar surface area (TPSA) is 137 Å². The summed E-state index contributed by atoms with van der Waals surface area (Å²) < 4.78 is 70.7. The summed E-state index contributed by atoms with van der Waals surface area (Å²) in [5.74, 6) is -0.412. The van der Waals surface area contributed by atoms with Crippen molar-refractivity contribution in [3.8, 4) is 0 Å². The molecule has 0 unspecified atom stereocenters. The van der Waals surface area contributed by atoms with E-state index in [0.717, 1.165) is 13.0 Å². The summed E-state index contributed by atoms with van der Waals surface area (Å²) in [4.78, 5) is 11.2. The summed E-state index contributed by atoms with van der Waals surface area (Å²) in [6, 6.07) is 0. The lowest BCUT2D eigenvalue weighted by atomic mass is 10.1. The number of unbranched alkanes of at least 4 members (excludes halogenated alkanes) is 7. The maximum absolute atomic E-state index is 11.2. The van der Waals surface area contributed by atoms with Crippen LogP contribution in [0.4, 0.5) is 0 Å². The van der Waals surface area contributed by atoms with Crippen LogP contribution in [0.3, 0.4) is 0 Å². The Hall–Kier alpha value is -1.27. The molecule has 0 rings (SSSR count). The van der Waals surface area contributed by atoms with Crippen molar-refractivity contribution in [2.75, 3.05) is 165 Å². The van der Waals surface area contributed by atoms with Crippen LogP contribution in [0.2, 0.25) is 0 Å². The number of carbonyl (C=O) groups excluding carboxylic acids is 1. The molecule has 0 radical (unpaired) electrons. The molecule has 0 heterocycles. The number of hydrogen-bond donors (Lipinski definition) is 0. The number of rotatable bonds is 46. The maximum atomic E-state index is 11.2. The predicted octanol–water partition coefficient (Wildman–Crippen LogP) is 4.45. The van der Waals surface area contributed by atoms with Crippen molar-refractivity contribution >= 4 is 5.97 Å². The third-order valence-corrected chi connectivity index (χ3v) is 7.04. The highest BCUT2D eigenvalue weighted by Gasteiger charge is 2.02. The molecule has 0 saturated carbocycles. The maximum Gasteiger partial charge on any atom is 0.333 e. The number of esters is 1. The molecule has 0 N–H and O–H groups in total. The van der Waals surface area contributed by atoms with Crippen LogP contribution in [0, 0.1) is 0 Å². The second kappa shape index (κ2) is 45.9. The molecule has 0 spiro atoms. The normalized spacial score (nSPS) is 11.4. The van der Waals surface area contributed by atoms with E-state index in [9.17, 15) is 4.79 Å². The average molecular weight is 755 g/mol. The zero-order valence-corrected chi connectivity index (χ0v) is 32.8. The van der Waals surface area contributed by atoms with Gasteiger partial charge in [0.15, 0.2) is 0 Å². The monoisotopic (exact) mass is 755 g/mol. The zero-order valence-electron chi connectivity index (χ0n) is 32.8. The highest BCUT2D eigenvalue weighted by atomic mass is 16.6. The van der Waals surface area contributed by atoms with E-state index in [2.05, 4.69) is 13.5 Å². The summed E-state index contributed by atoms with van der Waals surface area (Å²) in [5, 5.41) is 0. The summed E-state index contributed by atoms with van der Waals surface area (Å²) in [6.07, 6.45) is 10.5. The minimum atomic E-state index is -0.412. The fraction of sp³-hybridized carbons (Fsp3) is 0.921. The van der Waals surface area contributed by atoms with E-state index in [1.165, 1.54) is 44.9 Å². The molecule has 0 aliphatic rings. The third-order valence-electron chi connectivity index (χ3n) is 7.04. The Morgan fingerprint density at radius 3 is 0.788 bits per heavy atom. The van der Waals surface area contributed by atoms with Gasteiger partial charge < -0.3 is 61.6 Å². The Morgan fingerprint density at radius 2 is 0.538 bits per heavy atom. The highest BCUT2D eigenvalue weighted by Crippen LogP contribution is 2.08. The van der Waals surface area contributed by atoms with Crippen molar-refractivity contribution in [2.45, 2.75) is 65.2 Å². The molecule has 0 bridgehead atoms. The van der Waals surface area contributed by atoms with Crippen LogP contribution in [0.25, 0.3) is 0 Å². The van der Waals surface area contributed by atoms with Crippen LogP contribution in [0.1, 0.15) is 65.2 Å². The van der Waals surface area contributed by atoms with Crippen LogP contribution in [-0.2, 0) is 66.4 Å². The van der Waals surface area contributed by atoms with Crippen molar-refractivity contribution < 1.29 is 66.4 Å². The van der Waals surface area contributed by atoms with Crippen molar-refractivity contribution in [2.24, 2.45) is 0 Å². The molecule has 0 atom stereocenters. The first-order chi connectivity index (χ1) is 25.7. The second-order valence-electron chi connectivity index (χ2n) is 11.7. The molecule has 0 aromatic heterocycles. The van der Waals surface area contributed by atoms with Gasteiger partial charge in [-0.25, -0.2) is 4.79 Å². The average Bonchev–Trinajstić information content (AvgIpc) is 3.14. The summed E-state index contributed by atoms with van der Waals surface area (Å²) in [7, 11) is 0. The molecule has 310 valence electrons. The lowest BCUT2D eigenvalue weighted by Crippen LogP contribution is -2.16. The van der Waals surface area contributed by atoms with Crippen molar-refractivity contribution in [3.05, 3.63) is 12.2 Å². The van der Waals surface area contributed by atoms with Crippen molar-refractivity contribution in [1.29, 1.82) is 0 Å². The van der Waals surface area contributed by atoms with Crippen LogP contribution in [0.15, 0.2) is 12.2 Å². The van der Waals surface area contributed by atoms with E-state index in [4.69, 9.17) is 61.6 Å². The Bertz CT molecular complexity index is 715. The van der Waals surface area contributed by atoms with Gasteiger partial charge in [-0.05, 0) is 13.3 Å². The van der Waals surface area contributed by atoms with Crippen molar-refractivity contribution in [1.82, 2.24) is 0 Å². The predicted molar refractivity (Wildman–Crippen MR) is 198 cm³/mol. The first kappa shape index (κ1) is 50.7. The number of hydrogen-bond acceptors (Lipinski definition) is 14. The fourth-order valence-electron chi connectivity index (χ4n) is 4.18. The number of carbonyl (C=O) groups is 1. The Kier molecular flexibility index (Phi) is 44.8. The fourth-order valence-corrected chi connectivity index (χ4v) is 4.18. The third kappa shape index (κ3) is 44.9. The number of ether oxygens (including phenoxy) is 13. The van der Waals surface area contributed by atoms with Gasteiger partial charge in [0.2, 0.25) is 0 Å². The molecule has 0 aromatic carbocycles. The van der Waals surface area contributed by atoms with E-state index in [1.807, 2.05) is 0 Å². The van der Waals surface area contributed by atoms with Crippen LogP contribution in [0.5, 0.6) is 0 Å². The molecule has 0 aromatic rings. The lowest BCUT2D eigenvalue weighted by molar-refractivity contribution is -0.140. The van der Waals surface area contributed by atoms with E-state index >= 15 is 0 Å². The molecule has 14 nitrogen and oxygen atoms in total. The molecule has 14 heteroatoms. The molecule has 0 saturated heterocycles. The highest BCUT2D eigenvalue weighted by molar-refractivity contribution is 5.86. The van der Waals surface area contributed by atoms with Gasteiger partial charge in [0.1, 0.15) is 6.61 Å². The van der Waals surface area contributed by atoms with E-state index in [0.29, 0.717) is 158 Å². The Labute approximate surface area is 314 Å². The van der Waals surface area contributed by atoms with Gasteiger partial charge >= 0.3 is 5.97 Å². The summed E-state index contributed by atoms with van der Waals surface area (Å²) in [5.41, 5.74) is 0.371. The van der Waals surface area contributed by atoms with Gasteiger partial charge in [0, 0.05) is 12.2 Å². The smallest absolute Gasteiger partial charge is 0.333 e. The summed E-state index contributed by atoms with van der Waals surface area (Å²) >= 11 is 0. The molecule has 0 aliphatic heterocycles. The molecule has 52 heavy (non-hydrogen) atoms. The first-order valence-electron chi connectivity index (χ1n) is 19.4. The Morgan fingerprint density at radius 1 is 0.327 bits per heavy atom. The van der Waals surface area contributed by atoms with Crippen LogP contribution in [-0.4, -0.2) is 171 Å². The van der Waals surface area contributed by atoms with Crippen molar-refractivity contribution in [3.63, 3.8) is 0 Å². The quantitative estimate of drug-likeness (QED) is 0.0492. The van der Waals surface area contributed by atoms with Crippen LogP contribution < -0.4 is 0 Å². The standard InChI is InChI=1S/C38H74O14/c1-4-5-6-7-8-9-10-11-12-40-13-14-41-15-16-42-17-18-43-19-20-44-21-22-45-23-24-46-25-26-47-27-28-48-29-30-49-31-32-50-33-34-51-35-36-52-38(39)37(2)3/h2,4-36H2,1,3H3. The van der Waals surface area contributed by atoms with Crippen LogP contribution >= 0.6 is 0 Å². The van der Waals surface area contributed by atoms with Gasteiger partial charge in [-0.3, -0.25) is 0 Å². The minimum Gasteiger partial charge on any atom is -0.460 e. The Balaban J connectivity index is 3.07. The zero-order chi connectivity index (χ0) is 37.7. The van der Waals surface area contributed by atoms with E-state index in [1.54, 1.807) is 6.92 Å². The molecular weight excluding hydrogens is 680 g/mol. The van der Waals surface area contributed by atoms with E-state index in [-0.39, 0.29) is 6.61 Å². The molecule has 0 aliphatic carbocycles. The molecule has 0 amide bonds. The first-order valence-corrected chi connectivity index (χ1v) is 19.4. The summed E-state index contributed by atoms with van der Waals surface area (Å²) in [6.45, 7) is 20.0. The lowest BCUT2D eigenvalue weighted by Gasteiger charge is -2.09. The van der Waals surface area contributed by atoms with Gasteiger partial charge in [0.05, 0.1) is 152 Å². The van der Waals surface area contributed by atoms with Gasteiger partial charge in [-0.2, -0.15) is 0 Å². The van der Waals surface area contributed by atoms with Gasteiger partial charge in [-0.15, -0.1) is 0 Å². The largest absolute Gasteiger partial charge is 0.460 e. The molecular formula is C38H74O14. The van der Waals surface area contributed by atoms with Gasteiger partial charge in [0.25, 0.3) is 0 Å². The minimum absolute atomic E-state index is 0.199. The SMILES string of the molecule is C=C(C)C(=O)OCCOCCOCCOCCOCCOCCOCCOCCOCCOCCOCCOCCOCCCCCCCCCC. The molecule has 0 fully saturated rings.